The van der Waals surface area contributed by atoms with Crippen molar-refractivity contribution >= 4 is 17.5 Å². The Morgan fingerprint density at radius 3 is 2.64 bits per heavy atom. The smallest absolute Gasteiger partial charge is 0.224 e. The van der Waals surface area contributed by atoms with Crippen molar-refractivity contribution in [1.29, 1.82) is 5.41 Å². The van der Waals surface area contributed by atoms with Crippen LogP contribution < -0.4 is 16.4 Å². The zero-order valence-corrected chi connectivity index (χ0v) is 16.4. The van der Waals surface area contributed by atoms with Crippen molar-refractivity contribution in [3.8, 4) is 0 Å². The average Bonchev–Trinajstić information content (AvgIpc) is 2.74. The molecule has 1 fully saturated rings. The molecule has 0 saturated heterocycles. The van der Waals surface area contributed by atoms with Crippen molar-refractivity contribution in [2.45, 2.75) is 31.7 Å². The number of ether oxygens (including phenoxy) is 1. The third kappa shape index (κ3) is 5.50. The summed E-state index contributed by atoms with van der Waals surface area (Å²) in [6, 6.07) is 10.0. The fourth-order valence-corrected chi connectivity index (χ4v) is 3.44. The lowest BCUT2D eigenvalue weighted by molar-refractivity contribution is 0.210. The highest BCUT2D eigenvalue weighted by Gasteiger charge is 2.20. The summed E-state index contributed by atoms with van der Waals surface area (Å²) in [6.45, 7) is 2.04. The Labute approximate surface area is 166 Å². The van der Waals surface area contributed by atoms with Crippen molar-refractivity contribution < 1.29 is 4.74 Å². The minimum Gasteiger partial charge on any atom is -0.383 e. The van der Waals surface area contributed by atoms with Crippen molar-refractivity contribution in [3.05, 3.63) is 47.7 Å². The van der Waals surface area contributed by atoms with E-state index >= 15 is 0 Å². The first kappa shape index (κ1) is 20.2. The number of anilines is 2. The predicted octanol–water partition coefficient (Wildman–Crippen LogP) is 2.88. The van der Waals surface area contributed by atoms with E-state index < -0.39 is 0 Å². The van der Waals surface area contributed by atoms with E-state index in [1.165, 1.54) is 0 Å². The second-order valence-electron chi connectivity index (χ2n) is 7.28. The summed E-state index contributed by atoms with van der Waals surface area (Å²) < 4.78 is 5.07. The zero-order valence-electron chi connectivity index (χ0n) is 16.4. The van der Waals surface area contributed by atoms with E-state index in [0.717, 1.165) is 37.8 Å². The Morgan fingerprint density at radius 2 is 1.93 bits per heavy atom. The van der Waals surface area contributed by atoms with Gasteiger partial charge in [-0.2, -0.15) is 4.98 Å². The number of methoxy groups -OCH3 is 1. The van der Waals surface area contributed by atoms with Gasteiger partial charge >= 0.3 is 0 Å². The molecule has 0 bridgehead atoms. The predicted molar refractivity (Wildman–Crippen MR) is 113 cm³/mol. The molecule has 0 atom stereocenters. The number of hydrogen-bond donors (Lipinski definition) is 4. The largest absolute Gasteiger partial charge is 0.383 e. The molecule has 1 aliphatic carbocycles. The topological polar surface area (TPSA) is 109 Å². The quantitative estimate of drug-likeness (QED) is 0.392. The van der Waals surface area contributed by atoms with E-state index in [0.29, 0.717) is 48.2 Å². The first-order valence-corrected chi connectivity index (χ1v) is 9.91. The Hall–Kier alpha value is -2.51. The maximum Gasteiger partial charge on any atom is 0.224 e. The molecule has 1 heterocycles. The number of hydrogen-bond acceptors (Lipinski definition) is 7. The van der Waals surface area contributed by atoms with Crippen molar-refractivity contribution in [3.63, 3.8) is 0 Å². The third-order valence-electron chi connectivity index (χ3n) is 5.16. The van der Waals surface area contributed by atoms with Gasteiger partial charge in [0.25, 0.3) is 0 Å². The zero-order chi connectivity index (χ0) is 19.8. The maximum absolute atomic E-state index is 8.62. The molecular weight excluding hydrogens is 352 g/mol. The second kappa shape index (κ2) is 10.1. The van der Waals surface area contributed by atoms with Gasteiger partial charge < -0.3 is 21.1 Å². The molecule has 0 spiro atoms. The molecule has 0 radical (unpaired) electrons. The summed E-state index contributed by atoms with van der Waals surface area (Å²) in [5.74, 6) is 1.81. The van der Waals surface area contributed by atoms with E-state index in [-0.39, 0.29) is 0 Å². The van der Waals surface area contributed by atoms with E-state index in [1.54, 1.807) is 13.3 Å². The molecular formula is C21H30N6O. The van der Waals surface area contributed by atoms with Crippen molar-refractivity contribution in [2.24, 2.45) is 11.7 Å². The van der Waals surface area contributed by atoms with Crippen LogP contribution in [-0.2, 0) is 4.74 Å². The lowest BCUT2D eigenvalue weighted by Crippen LogP contribution is -2.29. The molecule has 2 aromatic rings. The number of nitrogens with two attached hydrogens (primary N) is 1. The van der Waals surface area contributed by atoms with Crippen LogP contribution in [0.5, 0.6) is 0 Å². The summed E-state index contributed by atoms with van der Waals surface area (Å²) in [6.07, 6.45) is 6.13. The number of benzene rings is 1. The van der Waals surface area contributed by atoms with Gasteiger partial charge in [-0.05, 0) is 31.6 Å². The third-order valence-corrected chi connectivity index (χ3v) is 5.16. The number of nitrogens with zero attached hydrogens (tertiary/aromatic N) is 2. The molecule has 1 aromatic heterocycles. The molecule has 150 valence electrons. The average molecular weight is 383 g/mol. The minimum atomic E-state index is 0.341. The highest BCUT2D eigenvalue weighted by Crippen LogP contribution is 2.25. The normalized spacial score (nSPS) is 19.2. The fraction of sp³-hybridized carbons (Fsp3) is 0.476. The summed E-state index contributed by atoms with van der Waals surface area (Å²) in [4.78, 5) is 9.02. The monoisotopic (exact) mass is 382 g/mol. The van der Waals surface area contributed by atoms with Gasteiger partial charge in [-0.3, -0.25) is 5.41 Å². The molecule has 7 heteroatoms. The van der Waals surface area contributed by atoms with Gasteiger partial charge in [0.15, 0.2) is 0 Å². The molecule has 1 aliphatic rings. The highest BCUT2D eigenvalue weighted by atomic mass is 16.5. The maximum atomic E-state index is 8.62. The van der Waals surface area contributed by atoms with Crippen LogP contribution in [0.25, 0.3) is 0 Å². The first-order valence-electron chi connectivity index (χ1n) is 9.91. The van der Waals surface area contributed by atoms with E-state index in [1.807, 2.05) is 30.3 Å². The van der Waals surface area contributed by atoms with Gasteiger partial charge in [-0.25, -0.2) is 4.98 Å². The summed E-state index contributed by atoms with van der Waals surface area (Å²) in [7, 11) is 1.66. The number of nitrogens with one attached hydrogen (secondary N) is 3. The molecule has 3 rings (SSSR count). The van der Waals surface area contributed by atoms with E-state index in [4.69, 9.17) is 15.9 Å². The Bertz CT molecular complexity index is 759. The Morgan fingerprint density at radius 1 is 1.18 bits per heavy atom. The first-order chi connectivity index (χ1) is 13.7. The van der Waals surface area contributed by atoms with Gasteiger partial charge in [0.1, 0.15) is 5.82 Å². The molecule has 0 amide bonds. The number of rotatable bonds is 9. The highest BCUT2D eigenvalue weighted by molar-refractivity contribution is 6.13. The molecule has 0 aliphatic heterocycles. The summed E-state index contributed by atoms with van der Waals surface area (Å²) >= 11 is 0. The van der Waals surface area contributed by atoms with Gasteiger partial charge in [-0.1, -0.05) is 30.3 Å². The summed E-state index contributed by atoms with van der Waals surface area (Å²) in [5, 5.41) is 15.3. The molecule has 7 nitrogen and oxygen atoms in total. The minimum absolute atomic E-state index is 0.341. The number of aromatic nitrogens is 2. The van der Waals surface area contributed by atoms with Gasteiger partial charge in [0.05, 0.1) is 17.9 Å². The lowest BCUT2D eigenvalue weighted by atomic mass is 9.86. The Balaban J connectivity index is 1.76. The fourth-order valence-electron chi connectivity index (χ4n) is 3.44. The van der Waals surface area contributed by atoms with Crippen LogP contribution in [0.1, 0.15) is 36.8 Å². The van der Waals surface area contributed by atoms with Crippen LogP contribution in [0.4, 0.5) is 11.8 Å². The van der Waals surface area contributed by atoms with Crippen molar-refractivity contribution in [2.75, 3.05) is 37.4 Å². The Kier molecular flexibility index (Phi) is 7.33. The van der Waals surface area contributed by atoms with Crippen LogP contribution in [0, 0.1) is 11.3 Å². The van der Waals surface area contributed by atoms with Gasteiger partial charge in [0, 0.05) is 38.0 Å². The lowest BCUT2D eigenvalue weighted by Gasteiger charge is -2.26. The van der Waals surface area contributed by atoms with Crippen LogP contribution in [0.3, 0.4) is 0 Å². The van der Waals surface area contributed by atoms with Crippen LogP contribution in [0.15, 0.2) is 36.5 Å². The van der Waals surface area contributed by atoms with Crippen LogP contribution in [-0.4, -0.2) is 48.5 Å². The van der Waals surface area contributed by atoms with E-state index in [2.05, 4.69) is 20.6 Å². The molecule has 1 saturated carbocycles. The van der Waals surface area contributed by atoms with E-state index in [9.17, 15) is 0 Å². The van der Waals surface area contributed by atoms with Crippen LogP contribution >= 0.6 is 0 Å². The molecule has 5 N–H and O–H groups in total. The van der Waals surface area contributed by atoms with Gasteiger partial charge in [0.2, 0.25) is 5.95 Å². The van der Waals surface area contributed by atoms with Crippen molar-refractivity contribution in [1.82, 2.24) is 9.97 Å². The van der Waals surface area contributed by atoms with Gasteiger partial charge in [-0.15, -0.1) is 0 Å². The molecule has 0 unspecified atom stereocenters. The summed E-state index contributed by atoms with van der Waals surface area (Å²) in [5.41, 5.74) is 7.99. The SMILES string of the molecule is COCCNc1ncc(C(=N)c2ccccc2)c(NCC2CCC(N)CC2)n1. The van der Waals surface area contributed by atoms with Crippen LogP contribution in [0.2, 0.25) is 0 Å². The standard InChI is InChI=1S/C21H30N6O/c1-28-12-11-24-21-26-14-18(19(23)16-5-3-2-4-6-16)20(27-21)25-13-15-7-9-17(22)10-8-15/h2-6,14-15,17,23H,7-13,22H2,1H3,(H2,24,25,26,27). The second-order valence-corrected chi connectivity index (χ2v) is 7.28. The molecule has 1 aromatic carbocycles. The molecule has 28 heavy (non-hydrogen) atoms.